The molecule has 0 saturated carbocycles. The summed E-state index contributed by atoms with van der Waals surface area (Å²) >= 11 is 0. The van der Waals surface area contributed by atoms with Crippen molar-refractivity contribution in [1.82, 2.24) is 24.8 Å². The van der Waals surface area contributed by atoms with Crippen LogP contribution in [0.1, 0.15) is 41.4 Å². The van der Waals surface area contributed by atoms with Crippen LogP contribution in [0.3, 0.4) is 0 Å². The molecule has 27 heavy (non-hydrogen) atoms. The van der Waals surface area contributed by atoms with E-state index in [2.05, 4.69) is 21.4 Å². The first-order chi connectivity index (χ1) is 13.2. The zero-order valence-corrected chi connectivity index (χ0v) is 15.2. The highest BCUT2D eigenvalue weighted by molar-refractivity contribution is 5.92. The maximum Gasteiger partial charge on any atom is 0.274 e. The standard InChI is InChI=1S/C20H23N5O2/c26-19-7-14(6-18-15-5-13(8-21-9-15)12-25(18)19)16-10-22-11-17(23-16)20(27)24-3-1-2-4-24/h6-7,10-11,13,15,21H,1-5,8-9,12H2/t13-,15+/m0/s1. The maximum atomic E-state index is 12.7. The molecule has 1 N–H and O–H groups in total. The van der Waals surface area contributed by atoms with Crippen molar-refractivity contribution in [3.63, 3.8) is 0 Å². The van der Waals surface area contributed by atoms with Crippen LogP contribution in [0.5, 0.6) is 0 Å². The summed E-state index contributed by atoms with van der Waals surface area (Å²) in [6.07, 6.45) is 6.35. The first-order valence-corrected chi connectivity index (χ1v) is 9.76. The summed E-state index contributed by atoms with van der Waals surface area (Å²) in [5.41, 5.74) is 2.77. The molecule has 3 aliphatic heterocycles. The second kappa shape index (κ2) is 6.56. The number of amides is 1. The lowest BCUT2D eigenvalue weighted by Gasteiger charge is -2.37. The fourth-order valence-electron chi connectivity index (χ4n) is 4.64. The summed E-state index contributed by atoms with van der Waals surface area (Å²) in [6, 6.07) is 3.69. The van der Waals surface area contributed by atoms with Crippen LogP contribution < -0.4 is 10.9 Å². The van der Waals surface area contributed by atoms with E-state index in [0.717, 1.165) is 63.2 Å². The van der Waals surface area contributed by atoms with Gasteiger partial charge in [0.25, 0.3) is 11.5 Å². The van der Waals surface area contributed by atoms with E-state index in [0.29, 0.717) is 23.2 Å². The molecular weight excluding hydrogens is 342 g/mol. The molecule has 2 aromatic rings. The minimum Gasteiger partial charge on any atom is -0.337 e. The second-order valence-corrected chi connectivity index (χ2v) is 7.86. The van der Waals surface area contributed by atoms with Crippen LogP contribution in [0.4, 0.5) is 0 Å². The van der Waals surface area contributed by atoms with E-state index in [1.807, 2.05) is 9.47 Å². The Balaban J connectivity index is 1.52. The summed E-state index contributed by atoms with van der Waals surface area (Å²) in [5, 5.41) is 3.47. The lowest BCUT2D eigenvalue weighted by molar-refractivity contribution is 0.0786. The minimum atomic E-state index is -0.0733. The molecule has 5 heterocycles. The number of fused-ring (bicyclic) bond motifs is 4. The zero-order valence-electron chi connectivity index (χ0n) is 15.2. The van der Waals surface area contributed by atoms with E-state index in [1.165, 1.54) is 6.20 Å². The predicted octanol–water partition coefficient (Wildman–Crippen LogP) is 1.25. The lowest BCUT2D eigenvalue weighted by Crippen LogP contribution is -2.44. The first-order valence-electron chi connectivity index (χ1n) is 9.76. The summed E-state index contributed by atoms with van der Waals surface area (Å²) in [4.78, 5) is 35.9. The molecule has 7 heteroatoms. The van der Waals surface area contributed by atoms with Crippen molar-refractivity contribution in [3.05, 3.63) is 46.3 Å². The summed E-state index contributed by atoms with van der Waals surface area (Å²) in [5.74, 6) is 0.810. The Kier molecular flexibility index (Phi) is 4.04. The van der Waals surface area contributed by atoms with Crippen LogP contribution in [-0.2, 0) is 6.54 Å². The molecule has 7 nitrogen and oxygen atoms in total. The van der Waals surface area contributed by atoms with Crippen LogP contribution >= 0.6 is 0 Å². The summed E-state index contributed by atoms with van der Waals surface area (Å²) < 4.78 is 1.91. The molecule has 140 valence electrons. The average molecular weight is 365 g/mol. The van der Waals surface area contributed by atoms with E-state index < -0.39 is 0 Å². The number of carbonyl (C=O) groups excluding carboxylic acids is 1. The number of hydrogen-bond acceptors (Lipinski definition) is 5. The van der Waals surface area contributed by atoms with E-state index in [-0.39, 0.29) is 11.5 Å². The molecule has 0 aromatic carbocycles. The van der Waals surface area contributed by atoms with E-state index in [1.54, 1.807) is 12.3 Å². The third-order valence-electron chi connectivity index (χ3n) is 6.00. The number of pyridine rings is 1. The number of nitrogens with zero attached hydrogens (tertiary/aromatic N) is 4. The van der Waals surface area contributed by atoms with Crippen molar-refractivity contribution in [2.24, 2.45) is 5.92 Å². The molecule has 2 atom stereocenters. The topological polar surface area (TPSA) is 80.1 Å². The first kappa shape index (κ1) is 16.6. The largest absolute Gasteiger partial charge is 0.337 e. The number of hydrogen-bond donors (Lipinski definition) is 1. The minimum absolute atomic E-state index is 0.0113. The van der Waals surface area contributed by atoms with Crippen LogP contribution in [0.2, 0.25) is 0 Å². The van der Waals surface area contributed by atoms with Gasteiger partial charge in [-0.2, -0.15) is 0 Å². The third-order valence-corrected chi connectivity index (χ3v) is 6.00. The van der Waals surface area contributed by atoms with E-state index in [4.69, 9.17) is 0 Å². The Hall–Kier alpha value is -2.54. The number of aromatic nitrogens is 3. The smallest absolute Gasteiger partial charge is 0.274 e. The van der Waals surface area contributed by atoms with Gasteiger partial charge in [0, 0.05) is 49.4 Å². The number of carbonyl (C=O) groups is 1. The molecule has 0 unspecified atom stereocenters. The molecule has 2 bridgehead atoms. The SMILES string of the molecule is O=C(c1cncc(-c2cc3n(c(=O)c2)C[C@@H]2CNC[C@H]3C2)n1)N1CCCC1. The van der Waals surface area contributed by atoms with Gasteiger partial charge in [-0.3, -0.25) is 14.6 Å². The number of nitrogens with one attached hydrogen (secondary N) is 1. The van der Waals surface area contributed by atoms with Gasteiger partial charge in [0.15, 0.2) is 0 Å². The van der Waals surface area contributed by atoms with Gasteiger partial charge >= 0.3 is 0 Å². The van der Waals surface area contributed by atoms with Crippen molar-refractivity contribution in [1.29, 1.82) is 0 Å². The molecule has 0 spiro atoms. The Morgan fingerprint density at radius 3 is 2.85 bits per heavy atom. The van der Waals surface area contributed by atoms with Gasteiger partial charge in [0.2, 0.25) is 0 Å². The molecule has 2 fully saturated rings. The van der Waals surface area contributed by atoms with Gasteiger partial charge < -0.3 is 14.8 Å². The Labute approximate surface area is 157 Å². The molecule has 1 amide bonds. The van der Waals surface area contributed by atoms with Crippen molar-refractivity contribution < 1.29 is 4.79 Å². The van der Waals surface area contributed by atoms with Gasteiger partial charge in [-0.15, -0.1) is 0 Å². The third kappa shape index (κ3) is 2.96. The molecule has 3 aliphatic rings. The Bertz CT molecular complexity index is 948. The normalized spacial score (nSPS) is 23.9. The monoisotopic (exact) mass is 365 g/mol. The molecule has 0 aliphatic carbocycles. The Morgan fingerprint density at radius 1 is 1.15 bits per heavy atom. The molecule has 2 aromatic heterocycles. The predicted molar refractivity (Wildman–Crippen MR) is 101 cm³/mol. The van der Waals surface area contributed by atoms with Crippen LogP contribution in [0, 0.1) is 5.92 Å². The summed E-state index contributed by atoms with van der Waals surface area (Å²) in [6.45, 7) is 4.22. The van der Waals surface area contributed by atoms with Crippen LogP contribution in [0.15, 0.2) is 29.3 Å². The quantitative estimate of drug-likeness (QED) is 0.866. The van der Waals surface area contributed by atoms with Crippen molar-refractivity contribution in [3.8, 4) is 11.3 Å². The fourth-order valence-corrected chi connectivity index (χ4v) is 4.64. The van der Waals surface area contributed by atoms with Gasteiger partial charge in [-0.25, -0.2) is 4.98 Å². The molecular formula is C20H23N5O2. The van der Waals surface area contributed by atoms with Gasteiger partial charge in [-0.05, 0) is 37.8 Å². The average Bonchev–Trinajstić information content (AvgIpc) is 3.23. The van der Waals surface area contributed by atoms with Gasteiger partial charge in [0.1, 0.15) is 5.69 Å². The van der Waals surface area contributed by atoms with Crippen molar-refractivity contribution in [2.75, 3.05) is 26.2 Å². The van der Waals surface area contributed by atoms with Crippen LogP contribution in [-0.4, -0.2) is 51.5 Å². The van der Waals surface area contributed by atoms with Crippen LogP contribution in [0.25, 0.3) is 11.3 Å². The van der Waals surface area contributed by atoms with E-state index in [9.17, 15) is 9.59 Å². The highest BCUT2D eigenvalue weighted by Crippen LogP contribution is 2.33. The Morgan fingerprint density at radius 2 is 2.00 bits per heavy atom. The summed E-state index contributed by atoms with van der Waals surface area (Å²) in [7, 11) is 0. The maximum absolute atomic E-state index is 12.7. The van der Waals surface area contributed by atoms with E-state index >= 15 is 0 Å². The molecule has 2 saturated heterocycles. The number of piperidine rings is 1. The molecule has 0 radical (unpaired) electrons. The van der Waals surface area contributed by atoms with Gasteiger partial charge in [0.05, 0.1) is 18.1 Å². The lowest BCUT2D eigenvalue weighted by atomic mass is 9.83. The highest BCUT2D eigenvalue weighted by Gasteiger charge is 2.31. The molecule has 5 rings (SSSR count). The number of likely N-dealkylation sites (tertiary alicyclic amines) is 1. The fraction of sp³-hybridized carbons (Fsp3) is 0.500. The second-order valence-electron chi connectivity index (χ2n) is 7.86. The zero-order chi connectivity index (χ0) is 18.4. The highest BCUT2D eigenvalue weighted by atomic mass is 16.2. The van der Waals surface area contributed by atoms with Crippen molar-refractivity contribution >= 4 is 5.91 Å². The van der Waals surface area contributed by atoms with Gasteiger partial charge in [-0.1, -0.05) is 0 Å². The number of rotatable bonds is 2. The van der Waals surface area contributed by atoms with Crippen molar-refractivity contribution in [2.45, 2.75) is 31.7 Å².